The monoisotopic (exact) mass is 281 g/mol. The first-order valence-corrected chi connectivity index (χ1v) is 6.31. The van der Waals surface area contributed by atoms with Gasteiger partial charge in [0.2, 0.25) is 5.28 Å². The predicted octanol–water partition coefficient (Wildman–Crippen LogP) is 2.95. The van der Waals surface area contributed by atoms with Crippen LogP contribution < -0.4 is 5.56 Å². The van der Waals surface area contributed by atoms with Gasteiger partial charge in [0.15, 0.2) is 0 Å². The third kappa shape index (κ3) is 2.13. The van der Waals surface area contributed by atoms with E-state index in [2.05, 4.69) is 9.97 Å². The Hall–Kier alpha value is -1.39. The molecule has 0 bridgehead atoms. The zero-order chi connectivity index (χ0) is 12.7. The smallest absolute Gasteiger partial charge is 0.250 e. The topological polar surface area (TPSA) is 47.8 Å². The maximum Gasteiger partial charge on any atom is 0.250 e. The van der Waals surface area contributed by atoms with E-state index in [1.807, 2.05) is 0 Å². The Morgan fingerprint density at radius 1 is 1.28 bits per heavy atom. The Morgan fingerprint density at radius 3 is 2.78 bits per heavy atom. The highest BCUT2D eigenvalue weighted by molar-refractivity contribution is 6.33. The Bertz CT molecular complexity index is 665. The summed E-state index contributed by atoms with van der Waals surface area (Å²) in [6.45, 7) is 0. The van der Waals surface area contributed by atoms with E-state index in [1.165, 1.54) is 12.3 Å². The van der Waals surface area contributed by atoms with Gasteiger partial charge < -0.3 is 4.57 Å². The number of hydrogen-bond acceptors (Lipinski definition) is 3. The molecule has 2 aromatic heterocycles. The molecule has 1 saturated carbocycles. The van der Waals surface area contributed by atoms with Gasteiger partial charge >= 0.3 is 0 Å². The van der Waals surface area contributed by atoms with E-state index in [0.29, 0.717) is 16.8 Å². The van der Waals surface area contributed by atoms with E-state index in [1.54, 1.807) is 16.8 Å². The fraction of sp³-hybridized carbons (Fsp3) is 0.250. The van der Waals surface area contributed by atoms with E-state index in [9.17, 15) is 4.79 Å². The Kier molecular flexibility index (Phi) is 2.84. The van der Waals surface area contributed by atoms with Crippen LogP contribution in [0.25, 0.3) is 11.3 Å². The van der Waals surface area contributed by atoms with E-state index < -0.39 is 0 Å². The minimum atomic E-state index is -0.00229. The minimum absolute atomic E-state index is 0.00229. The molecule has 2 aromatic rings. The van der Waals surface area contributed by atoms with Crippen molar-refractivity contribution in [3.63, 3.8) is 0 Å². The summed E-state index contributed by atoms with van der Waals surface area (Å²) in [7, 11) is 0. The molecule has 3 rings (SSSR count). The summed E-state index contributed by atoms with van der Waals surface area (Å²) >= 11 is 11.8. The van der Waals surface area contributed by atoms with Crippen molar-refractivity contribution in [1.82, 2.24) is 14.5 Å². The number of nitrogens with zero attached hydrogens (tertiary/aromatic N) is 3. The van der Waals surface area contributed by atoms with Gasteiger partial charge in [-0.05, 0) is 30.5 Å². The number of aromatic nitrogens is 3. The molecule has 2 heterocycles. The van der Waals surface area contributed by atoms with Crippen molar-refractivity contribution in [1.29, 1.82) is 0 Å². The second-order valence-electron chi connectivity index (χ2n) is 4.23. The molecule has 1 fully saturated rings. The van der Waals surface area contributed by atoms with Crippen molar-refractivity contribution in [3.8, 4) is 11.3 Å². The third-order valence-electron chi connectivity index (χ3n) is 2.87. The van der Waals surface area contributed by atoms with Crippen LogP contribution in [-0.4, -0.2) is 14.5 Å². The van der Waals surface area contributed by atoms with Gasteiger partial charge in [0.05, 0.1) is 16.9 Å². The SMILES string of the molecule is O=c1ccc(-c2nc(Cl)ncc2Cl)cn1C1CC1. The van der Waals surface area contributed by atoms with Crippen molar-refractivity contribution < 1.29 is 0 Å². The summed E-state index contributed by atoms with van der Waals surface area (Å²) in [5.74, 6) is 0. The second kappa shape index (κ2) is 4.37. The Balaban J connectivity index is 2.14. The van der Waals surface area contributed by atoms with Crippen molar-refractivity contribution in [2.75, 3.05) is 0 Å². The Labute approximate surface area is 113 Å². The normalized spacial score (nSPS) is 14.8. The van der Waals surface area contributed by atoms with Crippen LogP contribution in [0.5, 0.6) is 0 Å². The molecule has 92 valence electrons. The minimum Gasteiger partial charge on any atom is -0.312 e. The lowest BCUT2D eigenvalue weighted by molar-refractivity contribution is 0.708. The van der Waals surface area contributed by atoms with Crippen LogP contribution in [0.15, 0.2) is 29.3 Å². The van der Waals surface area contributed by atoms with Gasteiger partial charge in [-0.1, -0.05) is 11.6 Å². The summed E-state index contributed by atoms with van der Waals surface area (Å²) in [6, 6.07) is 3.54. The first-order chi connectivity index (χ1) is 8.65. The average molecular weight is 282 g/mol. The molecule has 0 saturated heterocycles. The summed E-state index contributed by atoms with van der Waals surface area (Å²) in [5.41, 5.74) is 1.32. The van der Waals surface area contributed by atoms with E-state index in [0.717, 1.165) is 18.4 Å². The fourth-order valence-corrected chi connectivity index (χ4v) is 2.16. The molecule has 0 spiro atoms. The summed E-state index contributed by atoms with van der Waals surface area (Å²) in [4.78, 5) is 19.6. The second-order valence-corrected chi connectivity index (χ2v) is 4.98. The van der Waals surface area contributed by atoms with Gasteiger partial charge in [-0.2, -0.15) is 0 Å². The largest absolute Gasteiger partial charge is 0.312 e. The molecule has 0 N–H and O–H groups in total. The molecule has 0 aromatic carbocycles. The predicted molar refractivity (Wildman–Crippen MR) is 70.0 cm³/mol. The van der Waals surface area contributed by atoms with Crippen molar-refractivity contribution in [2.24, 2.45) is 0 Å². The van der Waals surface area contributed by atoms with Crippen LogP contribution >= 0.6 is 23.2 Å². The lowest BCUT2D eigenvalue weighted by atomic mass is 10.2. The molecule has 0 aliphatic heterocycles. The molecule has 4 nitrogen and oxygen atoms in total. The van der Waals surface area contributed by atoms with Crippen molar-refractivity contribution in [2.45, 2.75) is 18.9 Å². The molecule has 6 heteroatoms. The van der Waals surface area contributed by atoms with Crippen LogP contribution in [0.3, 0.4) is 0 Å². The fourth-order valence-electron chi connectivity index (χ4n) is 1.83. The highest BCUT2D eigenvalue weighted by Crippen LogP contribution is 2.34. The first kappa shape index (κ1) is 11.7. The zero-order valence-corrected chi connectivity index (χ0v) is 10.8. The number of halogens is 2. The quantitative estimate of drug-likeness (QED) is 0.796. The molecule has 1 aliphatic rings. The van der Waals surface area contributed by atoms with Crippen LogP contribution in [0, 0.1) is 0 Å². The third-order valence-corrected chi connectivity index (χ3v) is 3.33. The maximum absolute atomic E-state index is 11.7. The average Bonchev–Trinajstić information content (AvgIpc) is 3.17. The number of pyridine rings is 1. The summed E-state index contributed by atoms with van der Waals surface area (Å²) in [5, 5.41) is 0.555. The summed E-state index contributed by atoms with van der Waals surface area (Å²) < 4.78 is 1.72. The highest BCUT2D eigenvalue weighted by Gasteiger charge is 2.24. The highest BCUT2D eigenvalue weighted by atomic mass is 35.5. The number of rotatable bonds is 2. The molecule has 0 unspecified atom stereocenters. The van der Waals surface area contributed by atoms with E-state index >= 15 is 0 Å². The van der Waals surface area contributed by atoms with Crippen LogP contribution in [-0.2, 0) is 0 Å². The molecule has 18 heavy (non-hydrogen) atoms. The molecular formula is C12H9Cl2N3O. The van der Waals surface area contributed by atoms with Gasteiger partial charge in [0, 0.05) is 23.9 Å². The van der Waals surface area contributed by atoms with Gasteiger partial charge in [-0.3, -0.25) is 4.79 Å². The van der Waals surface area contributed by atoms with Gasteiger partial charge in [0.1, 0.15) is 0 Å². The molecule has 0 atom stereocenters. The standard InChI is InChI=1S/C12H9Cl2N3O/c13-9-5-15-12(14)16-11(9)7-1-4-10(18)17(6-7)8-2-3-8/h1,4-6,8H,2-3H2. The lowest BCUT2D eigenvalue weighted by Crippen LogP contribution is -2.17. The first-order valence-electron chi connectivity index (χ1n) is 5.56. The van der Waals surface area contributed by atoms with Gasteiger partial charge in [0.25, 0.3) is 5.56 Å². The molecule has 1 aliphatic carbocycles. The van der Waals surface area contributed by atoms with Crippen LogP contribution in [0.4, 0.5) is 0 Å². The van der Waals surface area contributed by atoms with Gasteiger partial charge in [-0.25, -0.2) is 9.97 Å². The zero-order valence-electron chi connectivity index (χ0n) is 9.31. The van der Waals surface area contributed by atoms with Crippen molar-refractivity contribution in [3.05, 3.63) is 45.2 Å². The van der Waals surface area contributed by atoms with Crippen LogP contribution in [0.1, 0.15) is 18.9 Å². The lowest BCUT2D eigenvalue weighted by Gasteiger charge is -2.07. The van der Waals surface area contributed by atoms with Crippen LogP contribution in [0.2, 0.25) is 10.3 Å². The van der Waals surface area contributed by atoms with E-state index in [4.69, 9.17) is 23.2 Å². The maximum atomic E-state index is 11.7. The summed E-state index contributed by atoms with van der Waals surface area (Å²) in [6.07, 6.45) is 5.33. The molecule has 0 radical (unpaired) electrons. The van der Waals surface area contributed by atoms with Gasteiger partial charge in [-0.15, -0.1) is 0 Å². The van der Waals surface area contributed by atoms with E-state index in [-0.39, 0.29) is 10.8 Å². The Morgan fingerprint density at radius 2 is 2.06 bits per heavy atom. The molecule has 0 amide bonds. The van der Waals surface area contributed by atoms with Crippen molar-refractivity contribution >= 4 is 23.2 Å². The molecular weight excluding hydrogens is 273 g/mol. The number of hydrogen-bond donors (Lipinski definition) is 0.